The third-order valence-corrected chi connectivity index (χ3v) is 1.94. The van der Waals surface area contributed by atoms with Crippen molar-refractivity contribution in [2.45, 2.75) is 6.92 Å². The van der Waals surface area contributed by atoms with Gasteiger partial charge in [0, 0.05) is 18.0 Å². The van der Waals surface area contributed by atoms with E-state index in [1.54, 1.807) is 6.07 Å². The Morgan fingerprint density at radius 2 is 2.08 bits per heavy atom. The normalized spacial score (nSPS) is 10.4. The summed E-state index contributed by atoms with van der Waals surface area (Å²) in [5.41, 5.74) is 1.80. The highest BCUT2D eigenvalue weighted by molar-refractivity contribution is 5.36. The number of rotatable bonds is 0. The molecule has 0 aliphatic carbocycles. The van der Waals surface area contributed by atoms with Crippen LogP contribution in [0.15, 0.2) is 41.3 Å². The molecule has 0 radical (unpaired) electrons. The smallest absolute Gasteiger partial charge is 0.204 e. The zero-order valence-corrected chi connectivity index (χ0v) is 6.82. The summed E-state index contributed by atoms with van der Waals surface area (Å²) >= 11 is 0. The first-order valence-corrected chi connectivity index (χ1v) is 3.86. The van der Waals surface area contributed by atoms with E-state index in [0.717, 1.165) is 11.4 Å². The lowest BCUT2D eigenvalue weighted by Gasteiger charge is -1.97. The van der Waals surface area contributed by atoms with Gasteiger partial charge in [-0.1, -0.05) is 12.1 Å². The molecule has 2 nitrogen and oxygen atoms in total. The predicted molar refractivity (Wildman–Crippen MR) is 48.0 cm³/mol. The molecular weight excluding hydrogens is 150 g/mol. The molecule has 0 aromatic heterocycles. The first kappa shape index (κ1) is 7.10. The average molecular weight is 159 g/mol. The maximum atomic E-state index is 11.3. The molecule has 0 N–H and O–H groups in total. The van der Waals surface area contributed by atoms with Crippen molar-refractivity contribution < 1.29 is 0 Å². The fourth-order valence-electron chi connectivity index (χ4n) is 1.35. The molecule has 2 heteroatoms. The molecule has 0 bridgehead atoms. The van der Waals surface area contributed by atoms with Crippen LogP contribution in [0.5, 0.6) is 0 Å². The highest BCUT2D eigenvalue weighted by Crippen LogP contribution is 2.07. The summed E-state index contributed by atoms with van der Waals surface area (Å²) in [4.78, 5) is 11.3. The van der Waals surface area contributed by atoms with Gasteiger partial charge in [0.2, 0.25) is 5.43 Å². The van der Waals surface area contributed by atoms with Crippen LogP contribution in [0.4, 0.5) is 0 Å². The van der Waals surface area contributed by atoms with Crippen LogP contribution >= 0.6 is 0 Å². The Morgan fingerprint density at radius 1 is 1.25 bits per heavy atom. The SMILES string of the molecule is Cc1cc(=O)c2cccccn1-2. The zero-order chi connectivity index (χ0) is 8.55. The van der Waals surface area contributed by atoms with Gasteiger partial charge in [-0.2, -0.15) is 0 Å². The second kappa shape index (κ2) is 2.48. The summed E-state index contributed by atoms with van der Waals surface area (Å²) in [7, 11) is 0. The molecule has 2 aliphatic rings. The second-order valence-electron chi connectivity index (χ2n) is 2.80. The Hall–Kier alpha value is -1.57. The minimum absolute atomic E-state index is 0.0868. The summed E-state index contributed by atoms with van der Waals surface area (Å²) < 4.78 is 1.89. The molecule has 0 unspecified atom stereocenters. The fourth-order valence-corrected chi connectivity index (χ4v) is 1.35. The summed E-state index contributed by atoms with van der Waals surface area (Å²) in [6, 6.07) is 9.17. The van der Waals surface area contributed by atoms with E-state index in [4.69, 9.17) is 0 Å². The average Bonchev–Trinajstić information content (AvgIpc) is 2.29. The van der Waals surface area contributed by atoms with Gasteiger partial charge in [-0.3, -0.25) is 4.79 Å². The lowest BCUT2D eigenvalue weighted by molar-refractivity contribution is 1.02. The third kappa shape index (κ3) is 0.925. The molecular formula is C10H9NO. The quantitative estimate of drug-likeness (QED) is 0.572. The molecule has 0 aromatic carbocycles. The van der Waals surface area contributed by atoms with E-state index in [2.05, 4.69) is 0 Å². The van der Waals surface area contributed by atoms with Crippen LogP contribution in [0.1, 0.15) is 5.69 Å². The molecule has 0 saturated carbocycles. The summed E-state index contributed by atoms with van der Waals surface area (Å²) in [5, 5.41) is 0. The first-order chi connectivity index (χ1) is 5.79. The first-order valence-electron chi connectivity index (χ1n) is 3.86. The standard InChI is InChI=1S/C10H9NO/c1-8-7-10(12)9-5-3-2-4-6-11(8)9/h2-7H,1H3. The molecule has 2 aliphatic heterocycles. The Kier molecular flexibility index (Phi) is 1.47. The van der Waals surface area contributed by atoms with Crippen LogP contribution < -0.4 is 5.43 Å². The molecule has 60 valence electrons. The van der Waals surface area contributed by atoms with Crippen LogP contribution in [0.3, 0.4) is 0 Å². The van der Waals surface area contributed by atoms with Crippen LogP contribution in [-0.4, -0.2) is 4.57 Å². The van der Waals surface area contributed by atoms with E-state index in [1.807, 2.05) is 42.0 Å². The van der Waals surface area contributed by atoms with Crippen LogP contribution in [0, 0.1) is 6.92 Å². The van der Waals surface area contributed by atoms with Crippen molar-refractivity contribution in [1.82, 2.24) is 4.57 Å². The molecule has 2 rings (SSSR count). The van der Waals surface area contributed by atoms with Crippen molar-refractivity contribution in [3.05, 3.63) is 52.4 Å². The molecule has 0 amide bonds. The van der Waals surface area contributed by atoms with Gasteiger partial charge in [0.05, 0.1) is 5.69 Å². The lowest BCUT2D eigenvalue weighted by atomic mass is 10.4. The van der Waals surface area contributed by atoms with Gasteiger partial charge in [0.15, 0.2) is 0 Å². The minimum Gasteiger partial charge on any atom is -0.318 e. The number of nitrogens with zero attached hydrogens (tertiary/aromatic N) is 1. The molecule has 0 aromatic rings. The number of hydrogen-bond donors (Lipinski definition) is 0. The summed E-state index contributed by atoms with van der Waals surface area (Å²) in [6.07, 6.45) is 1.89. The molecule has 12 heavy (non-hydrogen) atoms. The Labute approximate surface area is 70.4 Å². The number of aromatic nitrogens is 1. The highest BCUT2D eigenvalue weighted by Gasteiger charge is 2.05. The molecule has 0 spiro atoms. The van der Waals surface area contributed by atoms with Gasteiger partial charge in [-0.25, -0.2) is 0 Å². The number of fused-ring (bicyclic) bond motifs is 1. The van der Waals surface area contributed by atoms with Crippen molar-refractivity contribution in [3.8, 4) is 5.69 Å². The maximum absolute atomic E-state index is 11.3. The number of aryl methyl sites for hydroxylation is 1. The van der Waals surface area contributed by atoms with Gasteiger partial charge in [-0.15, -0.1) is 0 Å². The van der Waals surface area contributed by atoms with E-state index in [9.17, 15) is 4.79 Å². The van der Waals surface area contributed by atoms with Crippen molar-refractivity contribution in [3.63, 3.8) is 0 Å². The van der Waals surface area contributed by atoms with Gasteiger partial charge < -0.3 is 4.57 Å². The van der Waals surface area contributed by atoms with Crippen LogP contribution in [0.2, 0.25) is 0 Å². The highest BCUT2D eigenvalue weighted by atomic mass is 16.1. The van der Waals surface area contributed by atoms with Crippen molar-refractivity contribution >= 4 is 0 Å². The lowest BCUT2D eigenvalue weighted by Crippen LogP contribution is -1.99. The Balaban J connectivity index is 2.89. The Morgan fingerprint density at radius 3 is 2.92 bits per heavy atom. The van der Waals surface area contributed by atoms with Crippen molar-refractivity contribution in [2.24, 2.45) is 0 Å². The molecule has 0 atom stereocenters. The molecule has 0 saturated heterocycles. The van der Waals surface area contributed by atoms with E-state index in [-0.39, 0.29) is 5.43 Å². The van der Waals surface area contributed by atoms with Gasteiger partial charge in [-0.05, 0) is 19.1 Å². The van der Waals surface area contributed by atoms with Gasteiger partial charge in [0.25, 0.3) is 0 Å². The van der Waals surface area contributed by atoms with Crippen molar-refractivity contribution in [2.75, 3.05) is 0 Å². The van der Waals surface area contributed by atoms with Crippen molar-refractivity contribution in [1.29, 1.82) is 0 Å². The van der Waals surface area contributed by atoms with E-state index in [1.165, 1.54) is 0 Å². The fraction of sp³-hybridized carbons (Fsp3) is 0.100. The van der Waals surface area contributed by atoms with E-state index >= 15 is 0 Å². The Bertz CT molecular complexity index is 430. The van der Waals surface area contributed by atoms with Gasteiger partial charge >= 0.3 is 0 Å². The van der Waals surface area contributed by atoms with Gasteiger partial charge in [0.1, 0.15) is 0 Å². The maximum Gasteiger partial charge on any atom is 0.204 e. The monoisotopic (exact) mass is 159 g/mol. The van der Waals surface area contributed by atoms with E-state index < -0.39 is 0 Å². The predicted octanol–water partition coefficient (Wildman–Crippen LogP) is 1.58. The molecule has 2 heterocycles. The summed E-state index contributed by atoms with van der Waals surface area (Å²) in [5.74, 6) is 0. The summed E-state index contributed by atoms with van der Waals surface area (Å²) in [6.45, 7) is 1.92. The van der Waals surface area contributed by atoms with E-state index in [0.29, 0.717) is 0 Å². The topological polar surface area (TPSA) is 22.0 Å². The second-order valence-corrected chi connectivity index (χ2v) is 2.80. The minimum atomic E-state index is 0.0868. The largest absolute Gasteiger partial charge is 0.318 e. The zero-order valence-electron chi connectivity index (χ0n) is 6.82. The van der Waals surface area contributed by atoms with Crippen LogP contribution in [0.25, 0.3) is 5.69 Å². The number of hydrogen-bond acceptors (Lipinski definition) is 1. The third-order valence-electron chi connectivity index (χ3n) is 1.94. The van der Waals surface area contributed by atoms with Crippen LogP contribution in [-0.2, 0) is 0 Å². The molecule has 0 fully saturated rings.